The van der Waals surface area contributed by atoms with Crippen molar-refractivity contribution < 1.29 is 18.3 Å². The molecule has 178 valence electrons. The first-order valence-electron chi connectivity index (χ1n) is 11.1. The molecule has 4 heterocycles. The number of rotatable bonds is 5. The van der Waals surface area contributed by atoms with Crippen LogP contribution in [0.3, 0.4) is 0 Å². The first-order valence-corrected chi connectivity index (χ1v) is 11.1. The van der Waals surface area contributed by atoms with Gasteiger partial charge < -0.3 is 10.8 Å². The Hall–Kier alpha value is -3.08. The van der Waals surface area contributed by atoms with E-state index in [-0.39, 0.29) is 25.3 Å². The summed E-state index contributed by atoms with van der Waals surface area (Å²) in [5.74, 6) is 0.359. The van der Waals surface area contributed by atoms with Gasteiger partial charge in [0.15, 0.2) is 11.5 Å². The Morgan fingerprint density at radius 3 is 2.65 bits per heavy atom. The van der Waals surface area contributed by atoms with Crippen molar-refractivity contribution in [1.29, 1.82) is 0 Å². The number of nitrogens with zero attached hydrogens (tertiary/aromatic N) is 5. The molecule has 0 amide bonds. The second-order valence-corrected chi connectivity index (χ2v) is 9.23. The number of fused-ring (bicyclic) bond motifs is 2. The molecule has 0 spiro atoms. The molecule has 3 aromatic heterocycles. The molecule has 5 rings (SSSR count). The predicted molar refractivity (Wildman–Crippen MR) is 122 cm³/mol. The Labute approximate surface area is 194 Å². The highest BCUT2D eigenvalue weighted by atomic mass is 19.4. The lowest BCUT2D eigenvalue weighted by molar-refractivity contribution is -0.184. The van der Waals surface area contributed by atoms with Crippen molar-refractivity contribution in [3.63, 3.8) is 0 Å². The number of hydrogen-bond donors (Lipinski definition) is 2. The first kappa shape index (κ1) is 22.7. The van der Waals surface area contributed by atoms with Crippen molar-refractivity contribution in [2.75, 3.05) is 19.7 Å². The summed E-state index contributed by atoms with van der Waals surface area (Å²) in [7, 11) is 0. The molecule has 0 bridgehead atoms. The number of pyridine rings is 2. The molecule has 0 saturated carbocycles. The van der Waals surface area contributed by atoms with Crippen LogP contribution in [0.4, 0.5) is 13.2 Å². The molecule has 4 aromatic rings. The molecule has 1 fully saturated rings. The summed E-state index contributed by atoms with van der Waals surface area (Å²) in [5.41, 5.74) is 8.15. The second kappa shape index (κ2) is 8.30. The molecule has 7 nitrogen and oxygen atoms in total. The number of aromatic nitrogens is 4. The molecule has 3 N–H and O–H groups in total. The number of aliphatic hydroxyl groups excluding tert-OH is 1. The van der Waals surface area contributed by atoms with Crippen LogP contribution in [0.1, 0.15) is 30.5 Å². The Bertz CT molecular complexity index is 1350. The number of likely N-dealkylation sites (tertiary alicyclic amines) is 1. The number of halogens is 3. The standard InChI is InChI=1S/C24H25F3N6O/c1-23(28)9-10-32(14-23)21(24(25,26)27)17-5-7-20-30-31-22(33(20)13-17)18-6-4-16-3-2-15(8-11-34)12-19(16)29-18/h2-7,12-13,21,34H,8-11,14,28H2,1H3. The van der Waals surface area contributed by atoms with Crippen LogP contribution in [0.25, 0.3) is 28.1 Å². The van der Waals surface area contributed by atoms with Gasteiger partial charge in [0.1, 0.15) is 11.7 Å². The zero-order valence-corrected chi connectivity index (χ0v) is 18.6. The third-order valence-corrected chi connectivity index (χ3v) is 6.34. The van der Waals surface area contributed by atoms with Gasteiger partial charge in [0, 0.05) is 36.8 Å². The van der Waals surface area contributed by atoms with Gasteiger partial charge >= 0.3 is 6.18 Å². The van der Waals surface area contributed by atoms with Gasteiger partial charge in [0.25, 0.3) is 0 Å². The van der Waals surface area contributed by atoms with Gasteiger partial charge in [-0.2, -0.15) is 13.2 Å². The summed E-state index contributed by atoms with van der Waals surface area (Å²) in [6.07, 6.45) is -2.01. The van der Waals surface area contributed by atoms with E-state index in [1.54, 1.807) is 23.5 Å². The lowest BCUT2D eigenvalue weighted by atomic mass is 10.0. The first-order chi connectivity index (χ1) is 16.1. The Balaban J connectivity index is 1.58. The van der Waals surface area contributed by atoms with Crippen LogP contribution in [0.15, 0.2) is 48.7 Å². The summed E-state index contributed by atoms with van der Waals surface area (Å²) in [6, 6.07) is 10.6. The highest BCUT2D eigenvalue weighted by Gasteiger charge is 2.48. The summed E-state index contributed by atoms with van der Waals surface area (Å²) in [5, 5.41) is 18.5. The Kier molecular flexibility index (Phi) is 5.54. The molecular weight excluding hydrogens is 445 g/mol. The van der Waals surface area contributed by atoms with E-state index in [0.29, 0.717) is 35.5 Å². The molecule has 0 radical (unpaired) electrons. The maximum absolute atomic E-state index is 14.2. The minimum absolute atomic E-state index is 0.0312. The third-order valence-electron chi connectivity index (χ3n) is 6.34. The molecule has 0 aliphatic carbocycles. The van der Waals surface area contributed by atoms with Crippen molar-refractivity contribution in [2.24, 2.45) is 5.73 Å². The number of benzene rings is 1. The van der Waals surface area contributed by atoms with Crippen molar-refractivity contribution in [3.8, 4) is 11.5 Å². The van der Waals surface area contributed by atoms with E-state index in [1.807, 2.05) is 24.3 Å². The zero-order valence-electron chi connectivity index (χ0n) is 18.6. The van der Waals surface area contributed by atoms with Crippen LogP contribution in [-0.4, -0.2) is 61.0 Å². The van der Waals surface area contributed by atoms with Crippen LogP contribution >= 0.6 is 0 Å². The fraction of sp³-hybridized carbons (Fsp3) is 0.375. The number of alkyl halides is 3. The van der Waals surface area contributed by atoms with Gasteiger partial charge in [0.05, 0.1) is 5.52 Å². The normalized spacial score (nSPS) is 20.4. The quantitative estimate of drug-likeness (QED) is 0.464. The van der Waals surface area contributed by atoms with E-state index < -0.39 is 17.8 Å². The minimum Gasteiger partial charge on any atom is -0.396 e. The van der Waals surface area contributed by atoms with E-state index in [9.17, 15) is 18.3 Å². The summed E-state index contributed by atoms with van der Waals surface area (Å²) in [6.45, 7) is 2.24. The predicted octanol–water partition coefficient (Wildman–Crippen LogP) is 3.51. The van der Waals surface area contributed by atoms with E-state index in [0.717, 1.165) is 10.9 Å². The van der Waals surface area contributed by atoms with Gasteiger partial charge in [-0.1, -0.05) is 24.3 Å². The average Bonchev–Trinajstić information content (AvgIpc) is 3.35. The monoisotopic (exact) mass is 470 g/mol. The largest absolute Gasteiger partial charge is 0.408 e. The second-order valence-electron chi connectivity index (χ2n) is 9.23. The summed E-state index contributed by atoms with van der Waals surface area (Å²) >= 11 is 0. The van der Waals surface area contributed by atoms with E-state index in [2.05, 4.69) is 15.2 Å². The van der Waals surface area contributed by atoms with Gasteiger partial charge in [0.2, 0.25) is 0 Å². The highest BCUT2D eigenvalue weighted by Crippen LogP contribution is 2.40. The highest BCUT2D eigenvalue weighted by molar-refractivity contribution is 5.81. The molecule has 2 atom stereocenters. The van der Waals surface area contributed by atoms with Crippen molar-refractivity contribution >= 4 is 16.6 Å². The minimum atomic E-state index is -4.47. The van der Waals surface area contributed by atoms with Crippen molar-refractivity contribution in [3.05, 3.63) is 59.8 Å². The van der Waals surface area contributed by atoms with Gasteiger partial charge in [-0.25, -0.2) is 4.98 Å². The number of nitrogens with two attached hydrogens (primary N) is 1. The molecule has 1 aromatic carbocycles. The van der Waals surface area contributed by atoms with Crippen LogP contribution in [0.5, 0.6) is 0 Å². The molecule has 1 aliphatic heterocycles. The van der Waals surface area contributed by atoms with E-state index in [1.165, 1.54) is 17.2 Å². The topological polar surface area (TPSA) is 92.6 Å². The van der Waals surface area contributed by atoms with E-state index in [4.69, 9.17) is 5.73 Å². The molecule has 34 heavy (non-hydrogen) atoms. The summed E-state index contributed by atoms with van der Waals surface area (Å²) in [4.78, 5) is 6.07. The van der Waals surface area contributed by atoms with Crippen LogP contribution in [0.2, 0.25) is 0 Å². The Morgan fingerprint density at radius 2 is 1.94 bits per heavy atom. The molecule has 1 saturated heterocycles. The smallest absolute Gasteiger partial charge is 0.396 e. The van der Waals surface area contributed by atoms with Crippen LogP contribution in [0, 0.1) is 0 Å². The molecule has 2 unspecified atom stereocenters. The Morgan fingerprint density at radius 1 is 1.15 bits per heavy atom. The number of hydrogen-bond acceptors (Lipinski definition) is 6. The van der Waals surface area contributed by atoms with Gasteiger partial charge in [-0.05, 0) is 49.1 Å². The average molecular weight is 470 g/mol. The van der Waals surface area contributed by atoms with Gasteiger partial charge in [-0.15, -0.1) is 10.2 Å². The molecule has 10 heteroatoms. The lowest BCUT2D eigenvalue weighted by Crippen LogP contribution is -2.43. The van der Waals surface area contributed by atoms with Gasteiger partial charge in [-0.3, -0.25) is 9.30 Å². The maximum Gasteiger partial charge on any atom is 0.408 e. The third kappa shape index (κ3) is 4.24. The van der Waals surface area contributed by atoms with E-state index >= 15 is 0 Å². The maximum atomic E-state index is 14.2. The number of aliphatic hydroxyl groups is 1. The molecule has 1 aliphatic rings. The van der Waals surface area contributed by atoms with Crippen LogP contribution < -0.4 is 5.73 Å². The van der Waals surface area contributed by atoms with Crippen molar-refractivity contribution in [2.45, 2.75) is 37.5 Å². The summed E-state index contributed by atoms with van der Waals surface area (Å²) < 4.78 is 44.1. The lowest BCUT2D eigenvalue weighted by Gasteiger charge is -2.31. The van der Waals surface area contributed by atoms with Crippen molar-refractivity contribution in [1.82, 2.24) is 24.5 Å². The fourth-order valence-electron chi connectivity index (χ4n) is 4.66. The molecular formula is C24H25F3N6O. The SMILES string of the molecule is CC1(N)CCN(C(c2ccc3nnc(-c4ccc5ccc(CCO)cc5n4)n3c2)C(F)(F)F)C1. The van der Waals surface area contributed by atoms with Crippen LogP contribution in [-0.2, 0) is 6.42 Å². The fourth-order valence-corrected chi connectivity index (χ4v) is 4.66. The zero-order chi connectivity index (χ0) is 24.1.